The molecule has 3 heterocycles. The maximum atomic E-state index is 12.5. The smallest absolute Gasteiger partial charge is 0.261 e. The number of benzene rings is 1. The first-order valence-corrected chi connectivity index (χ1v) is 11.2. The summed E-state index contributed by atoms with van der Waals surface area (Å²) in [4.78, 5) is 20.6. The third-order valence-electron chi connectivity index (χ3n) is 5.82. The van der Waals surface area contributed by atoms with Crippen molar-refractivity contribution in [2.75, 3.05) is 57.3 Å². The fourth-order valence-electron chi connectivity index (χ4n) is 4.08. The lowest BCUT2D eigenvalue weighted by molar-refractivity contribution is 0.0952. The SMILES string of the molecule is CCN1CCN(CCCNC(=O)c2ccc(N3CCc4ccccc43)s2)CC1. The van der Waals surface area contributed by atoms with Crippen LogP contribution < -0.4 is 10.2 Å². The number of fused-ring (bicyclic) bond motifs is 1. The lowest BCUT2D eigenvalue weighted by Crippen LogP contribution is -2.46. The molecule has 4 rings (SSSR count). The van der Waals surface area contributed by atoms with Gasteiger partial charge in [-0.25, -0.2) is 0 Å². The van der Waals surface area contributed by atoms with E-state index in [9.17, 15) is 4.79 Å². The fourth-order valence-corrected chi connectivity index (χ4v) is 5.04. The first-order valence-electron chi connectivity index (χ1n) is 10.4. The van der Waals surface area contributed by atoms with Crippen molar-refractivity contribution in [2.24, 2.45) is 0 Å². The van der Waals surface area contributed by atoms with Crippen molar-refractivity contribution in [3.05, 3.63) is 46.8 Å². The number of hydrogen-bond acceptors (Lipinski definition) is 5. The van der Waals surface area contributed by atoms with Gasteiger partial charge in [0.25, 0.3) is 5.91 Å². The van der Waals surface area contributed by atoms with E-state index in [1.807, 2.05) is 6.07 Å². The van der Waals surface area contributed by atoms with Crippen LogP contribution >= 0.6 is 11.3 Å². The van der Waals surface area contributed by atoms with Crippen LogP contribution in [0.4, 0.5) is 10.7 Å². The minimum Gasteiger partial charge on any atom is -0.351 e. The highest BCUT2D eigenvalue weighted by molar-refractivity contribution is 7.18. The molecule has 5 nitrogen and oxygen atoms in total. The van der Waals surface area contributed by atoms with E-state index in [0.29, 0.717) is 0 Å². The van der Waals surface area contributed by atoms with Gasteiger partial charge in [0, 0.05) is 45.0 Å². The lowest BCUT2D eigenvalue weighted by atomic mass is 10.2. The Morgan fingerprint density at radius 1 is 1.04 bits per heavy atom. The van der Waals surface area contributed by atoms with Gasteiger partial charge in [-0.2, -0.15) is 0 Å². The molecule has 6 heteroatoms. The van der Waals surface area contributed by atoms with Crippen molar-refractivity contribution in [2.45, 2.75) is 19.8 Å². The number of amides is 1. The van der Waals surface area contributed by atoms with Gasteiger partial charge in [0.2, 0.25) is 0 Å². The molecule has 0 bridgehead atoms. The molecule has 0 aliphatic carbocycles. The Morgan fingerprint density at radius 3 is 2.64 bits per heavy atom. The molecule has 150 valence electrons. The van der Waals surface area contributed by atoms with Gasteiger partial charge in [0.1, 0.15) is 0 Å². The average Bonchev–Trinajstić information content (AvgIpc) is 3.38. The molecule has 0 saturated carbocycles. The van der Waals surface area contributed by atoms with Crippen molar-refractivity contribution in [1.29, 1.82) is 0 Å². The molecule has 0 atom stereocenters. The molecule has 0 spiro atoms. The molecular formula is C22H30N4OS. The highest BCUT2D eigenvalue weighted by Gasteiger charge is 2.22. The number of thiophene rings is 1. The number of nitrogens with zero attached hydrogens (tertiary/aromatic N) is 3. The van der Waals surface area contributed by atoms with E-state index in [2.05, 4.69) is 57.3 Å². The minimum absolute atomic E-state index is 0.0551. The summed E-state index contributed by atoms with van der Waals surface area (Å²) >= 11 is 1.59. The predicted octanol–water partition coefficient (Wildman–Crippen LogP) is 3.20. The van der Waals surface area contributed by atoms with E-state index in [4.69, 9.17) is 0 Å². The van der Waals surface area contributed by atoms with Crippen LogP contribution in [0.25, 0.3) is 0 Å². The van der Waals surface area contributed by atoms with E-state index in [1.54, 1.807) is 11.3 Å². The van der Waals surface area contributed by atoms with Gasteiger partial charge >= 0.3 is 0 Å². The molecule has 28 heavy (non-hydrogen) atoms. The van der Waals surface area contributed by atoms with Gasteiger partial charge in [-0.15, -0.1) is 11.3 Å². The van der Waals surface area contributed by atoms with E-state index in [0.717, 1.165) is 62.0 Å². The number of anilines is 2. The Bertz CT molecular complexity index is 797. The molecule has 1 aromatic heterocycles. The van der Waals surface area contributed by atoms with Crippen molar-refractivity contribution in [3.63, 3.8) is 0 Å². The molecule has 0 unspecified atom stereocenters. The number of nitrogens with one attached hydrogen (secondary N) is 1. The van der Waals surface area contributed by atoms with Crippen LogP contribution in [0.15, 0.2) is 36.4 Å². The van der Waals surface area contributed by atoms with Crippen LogP contribution in [-0.2, 0) is 6.42 Å². The van der Waals surface area contributed by atoms with Crippen LogP contribution in [0.2, 0.25) is 0 Å². The maximum absolute atomic E-state index is 12.5. The molecule has 1 N–H and O–H groups in total. The van der Waals surface area contributed by atoms with Crippen LogP contribution in [0, 0.1) is 0 Å². The van der Waals surface area contributed by atoms with E-state index >= 15 is 0 Å². The van der Waals surface area contributed by atoms with Crippen LogP contribution in [0.5, 0.6) is 0 Å². The number of hydrogen-bond donors (Lipinski definition) is 1. The quantitative estimate of drug-likeness (QED) is 0.727. The van der Waals surface area contributed by atoms with Gasteiger partial charge in [0.15, 0.2) is 0 Å². The second kappa shape index (κ2) is 9.07. The monoisotopic (exact) mass is 398 g/mol. The summed E-state index contributed by atoms with van der Waals surface area (Å²) in [6, 6.07) is 12.6. The zero-order valence-corrected chi connectivity index (χ0v) is 17.5. The summed E-state index contributed by atoms with van der Waals surface area (Å²) in [6.07, 6.45) is 2.08. The first kappa shape index (κ1) is 19.4. The first-order chi connectivity index (χ1) is 13.7. The summed E-state index contributed by atoms with van der Waals surface area (Å²) in [5.74, 6) is 0.0551. The minimum atomic E-state index is 0.0551. The maximum Gasteiger partial charge on any atom is 0.261 e. The summed E-state index contributed by atoms with van der Waals surface area (Å²) < 4.78 is 0. The molecule has 2 aliphatic rings. The molecule has 0 radical (unpaired) electrons. The average molecular weight is 399 g/mol. The number of carbonyl (C=O) groups excluding carboxylic acids is 1. The van der Waals surface area contributed by atoms with Crippen LogP contribution in [0.1, 0.15) is 28.6 Å². The third kappa shape index (κ3) is 4.40. The number of piperazine rings is 1. The molecule has 1 saturated heterocycles. The summed E-state index contributed by atoms with van der Waals surface area (Å²) in [5, 5.41) is 4.25. The Kier molecular flexibility index (Phi) is 6.29. The fraction of sp³-hybridized carbons (Fsp3) is 0.500. The Morgan fingerprint density at radius 2 is 1.82 bits per heavy atom. The van der Waals surface area contributed by atoms with Gasteiger partial charge < -0.3 is 20.0 Å². The molecule has 1 amide bonds. The van der Waals surface area contributed by atoms with E-state index in [1.165, 1.54) is 24.3 Å². The highest BCUT2D eigenvalue weighted by Crippen LogP contribution is 2.37. The molecule has 1 fully saturated rings. The van der Waals surface area contributed by atoms with Gasteiger partial charge in [0.05, 0.1) is 9.88 Å². The largest absolute Gasteiger partial charge is 0.351 e. The molecule has 2 aromatic rings. The van der Waals surface area contributed by atoms with Gasteiger partial charge in [-0.05, 0) is 49.7 Å². The van der Waals surface area contributed by atoms with Crippen molar-refractivity contribution < 1.29 is 4.79 Å². The standard InChI is InChI=1S/C22H30N4OS/c1-2-24-14-16-25(17-15-24)12-5-11-23-22(27)20-8-9-21(28-20)26-13-10-18-6-3-4-7-19(18)26/h3-4,6-9H,2,5,10-17H2,1H3,(H,23,27). The summed E-state index contributed by atoms with van der Waals surface area (Å²) in [5.41, 5.74) is 2.67. The van der Waals surface area contributed by atoms with Gasteiger partial charge in [-0.3, -0.25) is 4.79 Å². The number of likely N-dealkylation sites (N-methyl/N-ethyl adjacent to an activating group) is 1. The molecule has 2 aliphatic heterocycles. The third-order valence-corrected chi connectivity index (χ3v) is 6.92. The highest BCUT2D eigenvalue weighted by atomic mass is 32.1. The van der Waals surface area contributed by atoms with Crippen molar-refractivity contribution in [3.8, 4) is 0 Å². The second-order valence-electron chi connectivity index (χ2n) is 7.55. The van der Waals surface area contributed by atoms with E-state index < -0.39 is 0 Å². The Hall–Kier alpha value is -1.89. The number of carbonyl (C=O) groups is 1. The Labute approximate surface area is 171 Å². The molecular weight excluding hydrogens is 368 g/mol. The van der Waals surface area contributed by atoms with Crippen LogP contribution in [0.3, 0.4) is 0 Å². The summed E-state index contributed by atoms with van der Waals surface area (Å²) in [7, 11) is 0. The van der Waals surface area contributed by atoms with Crippen LogP contribution in [-0.4, -0.2) is 68.1 Å². The normalized spacial score (nSPS) is 17.7. The van der Waals surface area contributed by atoms with Crippen molar-refractivity contribution in [1.82, 2.24) is 15.1 Å². The number of para-hydroxylation sites is 1. The molecule has 1 aromatic carbocycles. The van der Waals surface area contributed by atoms with E-state index in [-0.39, 0.29) is 5.91 Å². The summed E-state index contributed by atoms with van der Waals surface area (Å²) in [6.45, 7) is 10.8. The lowest BCUT2D eigenvalue weighted by Gasteiger charge is -2.33. The number of rotatable bonds is 7. The zero-order valence-electron chi connectivity index (χ0n) is 16.7. The second-order valence-corrected chi connectivity index (χ2v) is 8.62. The zero-order chi connectivity index (χ0) is 19.3. The Balaban J connectivity index is 1.23. The van der Waals surface area contributed by atoms with Gasteiger partial charge in [-0.1, -0.05) is 25.1 Å². The topological polar surface area (TPSA) is 38.8 Å². The van der Waals surface area contributed by atoms with Crippen molar-refractivity contribution >= 4 is 27.9 Å². The predicted molar refractivity (Wildman–Crippen MR) is 117 cm³/mol.